The van der Waals surface area contributed by atoms with Crippen LogP contribution in [0.1, 0.15) is 66.2 Å². The van der Waals surface area contributed by atoms with Crippen LogP contribution >= 0.6 is 0 Å². The van der Waals surface area contributed by atoms with Gasteiger partial charge >= 0.3 is 5.97 Å². The van der Waals surface area contributed by atoms with Gasteiger partial charge in [0, 0.05) is 0 Å². The monoisotopic (exact) mass is 287 g/mol. The summed E-state index contributed by atoms with van der Waals surface area (Å²) >= 11 is 0. The van der Waals surface area contributed by atoms with E-state index in [0.717, 1.165) is 12.8 Å². The number of hydrogen-bond acceptors (Lipinski definition) is 3. The molecule has 1 amide bonds. The molecule has 5 nitrogen and oxygen atoms in total. The fourth-order valence-electron chi connectivity index (χ4n) is 2.47. The predicted octanol–water partition coefficient (Wildman–Crippen LogP) is 2.32. The minimum atomic E-state index is -1.03. The minimum absolute atomic E-state index is 0.0312. The number of carbonyl (C=O) groups is 2. The second-order valence-electron chi connectivity index (χ2n) is 5.99. The molecule has 1 atom stereocenters. The van der Waals surface area contributed by atoms with Gasteiger partial charge in [-0.1, -0.05) is 40.5 Å². The summed E-state index contributed by atoms with van der Waals surface area (Å²) in [6.45, 7) is 7.73. The summed E-state index contributed by atoms with van der Waals surface area (Å²) in [7, 11) is 0. The van der Waals surface area contributed by atoms with Gasteiger partial charge in [-0.3, -0.25) is 4.79 Å². The van der Waals surface area contributed by atoms with Crippen LogP contribution in [-0.2, 0) is 9.59 Å². The van der Waals surface area contributed by atoms with E-state index in [1.807, 2.05) is 27.7 Å². The first-order valence-electron chi connectivity index (χ1n) is 7.48. The largest absolute Gasteiger partial charge is 0.480 e. The summed E-state index contributed by atoms with van der Waals surface area (Å²) in [4.78, 5) is 23.1. The molecule has 0 aliphatic heterocycles. The van der Waals surface area contributed by atoms with Crippen LogP contribution in [0, 0.1) is 5.92 Å². The molecule has 0 radical (unpaired) electrons. The lowest BCUT2D eigenvalue weighted by atomic mass is 9.89. The lowest BCUT2D eigenvalue weighted by Gasteiger charge is -2.27. The molecule has 0 aromatic heterocycles. The van der Waals surface area contributed by atoms with Gasteiger partial charge in [-0.25, -0.2) is 4.79 Å². The summed E-state index contributed by atoms with van der Waals surface area (Å²) in [5.74, 6) is -1.23. The van der Waals surface area contributed by atoms with Crippen LogP contribution in [0.2, 0.25) is 0 Å². The van der Waals surface area contributed by atoms with Gasteiger partial charge in [0.2, 0.25) is 5.91 Å². The van der Waals surface area contributed by atoms with Crippen LogP contribution in [0.4, 0.5) is 0 Å². The summed E-state index contributed by atoms with van der Waals surface area (Å²) in [5.41, 5.74) is -1.02. The fourth-order valence-corrected chi connectivity index (χ4v) is 2.47. The molecule has 118 valence electrons. The van der Waals surface area contributed by atoms with E-state index >= 15 is 0 Å². The van der Waals surface area contributed by atoms with Gasteiger partial charge in [0.05, 0.1) is 12.0 Å². The highest BCUT2D eigenvalue weighted by atomic mass is 16.4. The first-order valence-corrected chi connectivity index (χ1v) is 7.48. The van der Waals surface area contributed by atoms with E-state index in [1.54, 1.807) is 0 Å². The molecule has 0 aliphatic carbocycles. The number of carboxylic acids is 1. The van der Waals surface area contributed by atoms with Crippen molar-refractivity contribution in [2.75, 3.05) is 0 Å². The second kappa shape index (κ2) is 8.95. The molecule has 0 spiro atoms. The first kappa shape index (κ1) is 18.9. The standard InChI is InChI=1S/C15H29NO4/c1-5-7-15(20,8-6-2)10-13(17)16-12(14(18)19)9-11(3)4/h11-12,20H,5-10H2,1-4H3,(H,16,17)(H,18,19). The normalized spacial score (nSPS) is 13.3. The van der Waals surface area contributed by atoms with Crippen molar-refractivity contribution in [2.45, 2.75) is 77.9 Å². The topological polar surface area (TPSA) is 86.6 Å². The SMILES string of the molecule is CCCC(O)(CCC)CC(=O)NC(CC(C)C)C(=O)O. The molecule has 1 unspecified atom stereocenters. The number of nitrogens with one attached hydrogen (secondary N) is 1. The van der Waals surface area contributed by atoms with Crippen LogP contribution in [0.3, 0.4) is 0 Å². The molecule has 3 N–H and O–H groups in total. The quantitative estimate of drug-likeness (QED) is 0.575. The zero-order valence-corrected chi connectivity index (χ0v) is 13.1. The number of carbonyl (C=O) groups excluding carboxylic acids is 1. The van der Waals surface area contributed by atoms with Crippen molar-refractivity contribution >= 4 is 11.9 Å². The van der Waals surface area contributed by atoms with Gasteiger partial charge in [0.25, 0.3) is 0 Å². The Bertz CT molecular complexity index is 309. The van der Waals surface area contributed by atoms with Gasteiger partial charge in [-0.15, -0.1) is 0 Å². The Labute approximate surface area is 121 Å². The third-order valence-electron chi connectivity index (χ3n) is 3.26. The summed E-state index contributed by atoms with van der Waals surface area (Å²) < 4.78 is 0. The third-order valence-corrected chi connectivity index (χ3v) is 3.26. The molecule has 0 aromatic carbocycles. The third kappa shape index (κ3) is 7.48. The first-order chi connectivity index (χ1) is 9.24. The maximum atomic E-state index is 12.0. The molecule has 0 saturated heterocycles. The Balaban J connectivity index is 4.59. The van der Waals surface area contributed by atoms with E-state index in [1.165, 1.54) is 0 Å². The highest BCUT2D eigenvalue weighted by Gasteiger charge is 2.30. The smallest absolute Gasteiger partial charge is 0.326 e. The Hall–Kier alpha value is -1.10. The lowest BCUT2D eigenvalue weighted by Crippen LogP contribution is -2.45. The van der Waals surface area contributed by atoms with Crippen LogP contribution in [0.15, 0.2) is 0 Å². The summed E-state index contributed by atoms with van der Waals surface area (Å²) in [6, 6.07) is -0.880. The maximum Gasteiger partial charge on any atom is 0.326 e. The molecular formula is C15H29NO4. The number of aliphatic carboxylic acids is 1. The number of rotatable bonds is 10. The molecule has 0 heterocycles. The van der Waals surface area contributed by atoms with Gasteiger partial charge in [0.1, 0.15) is 6.04 Å². The number of amides is 1. The lowest BCUT2D eigenvalue weighted by molar-refractivity contribution is -0.143. The highest BCUT2D eigenvalue weighted by molar-refractivity contribution is 5.84. The average molecular weight is 287 g/mol. The van der Waals surface area contributed by atoms with Gasteiger partial charge < -0.3 is 15.5 Å². The Kier molecular flexibility index (Phi) is 8.46. The fraction of sp³-hybridized carbons (Fsp3) is 0.867. The summed E-state index contributed by atoms with van der Waals surface area (Å²) in [6.07, 6.45) is 3.04. The van der Waals surface area contributed by atoms with Gasteiger partial charge in [-0.2, -0.15) is 0 Å². The minimum Gasteiger partial charge on any atom is -0.480 e. The Morgan fingerprint density at radius 1 is 1.15 bits per heavy atom. The zero-order chi connectivity index (χ0) is 15.8. The molecule has 0 fully saturated rings. The molecule has 0 rings (SSSR count). The summed E-state index contributed by atoms with van der Waals surface area (Å²) in [5, 5.41) is 22.0. The van der Waals surface area contributed by atoms with Crippen molar-refractivity contribution in [2.24, 2.45) is 5.92 Å². The number of carboxylic acid groups (broad SMARTS) is 1. The van der Waals surface area contributed by atoms with Crippen molar-refractivity contribution in [3.05, 3.63) is 0 Å². The van der Waals surface area contributed by atoms with Crippen LogP contribution in [0.25, 0.3) is 0 Å². The maximum absolute atomic E-state index is 12.0. The Morgan fingerprint density at radius 3 is 2.00 bits per heavy atom. The molecule has 0 aliphatic rings. The van der Waals surface area contributed by atoms with Crippen LogP contribution in [0.5, 0.6) is 0 Å². The second-order valence-corrected chi connectivity index (χ2v) is 5.99. The van der Waals surface area contributed by atoms with Crippen LogP contribution < -0.4 is 5.32 Å². The van der Waals surface area contributed by atoms with E-state index in [-0.39, 0.29) is 18.2 Å². The number of hydrogen-bond donors (Lipinski definition) is 3. The van der Waals surface area contributed by atoms with Gasteiger partial charge in [0.15, 0.2) is 0 Å². The van der Waals surface area contributed by atoms with Crippen molar-refractivity contribution < 1.29 is 19.8 Å². The molecule has 0 bridgehead atoms. The molecule has 0 aromatic rings. The zero-order valence-electron chi connectivity index (χ0n) is 13.1. The molecular weight excluding hydrogens is 258 g/mol. The molecule has 5 heteroatoms. The van der Waals surface area contributed by atoms with E-state index in [0.29, 0.717) is 19.3 Å². The van der Waals surface area contributed by atoms with Crippen molar-refractivity contribution in [3.63, 3.8) is 0 Å². The predicted molar refractivity (Wildman–Crippen MR) is 78.4 cm³/mol. The van der Waals surface area contributed by atoms with E-state index in [9.17, 15) is 14.7 Å². The number of aliphatic hydroxyl groups is 1. The van der Waals surface area contributed by atoms with E-state index in [2.05, 4.69) is 5.32 Å². The molecule has 20 heavy (non-hydrogen) atoms. The van der Waals surface area contributed by atoms with Crippen LogP contribution in [-0.4, -0.2) is 33.7 Å². The average Bonchev–Trinajstić information content (AvgIpc) is 2.27. The van der Waals surface area contributed by atoms with Gasteiger partial charge in [-0.05, 0) is 25.2 Å². The highest BCUT2D eigenvalue weighted by Crippen LogP contribution is 2.23. The molecule has 0 saturated carbocycles. The van der Waals surface area contributed by atoms with E-state index < -0.39 is 17.6 Å². The van der Waals surface area contributed by atoms with E-state index in [4.69, 9.17) is 5.11 Å². The Morgan fingerprint density at radius 2 is 1.65 bits per heavy atom. The van der Waals surface area contributed by atoms with Crippen molar-refractivity contribution in [1.82, 2.24) is 5.32 Å². The van der Waals surface area contributed by atoms with Crippen molar-refractivity contribution in [1.29, 1.82) is 0 Å². The van der Waals surface area contributed by atoms with Crippen molar-refractivity contribution in [3.8, 4) is 0 Å².